The molecule has 20 heteroatoms. The van der Waals surface area contributed by atoms with Crippen molar-refractivity contribution in [3.05, 3.63) is 66.2 Å². The fraction of sp³-hybridized carbons (Fsp3) is 0.586. The topological polar surface area (TPSA) is 18.5 Å². The molecule has 49 heavy (non-hydrogen) atoms. The molecular formula is C29H29F17O2Si. The van der Waals surface area contributed by atoms with E-state index >= 15 is 0 Å². The fourth-order valence-electron chi connectivity index (χ4n) is 4.62. The first-order valence-electron chi connectivity index (χ1n) is 13.9. The van der Waals surface area contributed by atoms with Crippen molar-refractivity contribution in [2.24, 2.45) is 0 Å². The van der Waals surface area contributed by atoms with Crippen LogP contribution in [0.15, 0.2) is 60.7 Å². The molecule has 0 fully saturated rings. The molecule has 0 aromatic heterocycles. The normalized spacial score (nSPS) is 16.8. The van der Waals surface area contributed by atoms with E-state index in [-0.39, 0.29) is 11.6 Å². The molecule has 0 bridgehead atoms. The molecule has 0 N–H and O–H groups in total. The van der Waals surface area contributed by atoms with E-state index in [0.29, 0.717) is 5.56 Å². The quantitative estimate of drug-likeness (QED) is 0.133. The lowest BCUT2D eigenvalue weighted by Crippen LogP contribution is -2.74. The first kappa shape index (κ1) is 42.6. The zero-order chi connectivity index (χ0) is 38.3. The van der Waals surface area contributed by atoms with Crippen molar-refractivity contribution < 1.29 is 83.5 Å². The number of hydrogen-bond donors (Lipinski definition) is 0. The second-order valence-electron chi connectivity index (χ2n) is 12.1. The van der Waals surface area contributed by atoms with Gasteiger partial charge in [0.25, 0.3) is 0 Å². The Morgan fingerprint density at radius 2 is 0.939 bits per heavy atom. The van der Waals surface area contributed by atoms with Crippen LogP contribution in [0.2, 0.25) is 5.04 Å². The van der Waals surface area contributed by atoms with Crippen LogP contribution in [0, 0.1) is 0 Å². The molecule has 0 saturated heterocycles. The maximum atomic E-state index is 14.7. The Labute approximate surface area is 269 Å². The van der Waals surface area contributed by atoms with Crippen LogP contribution >= 0.6 is 0 Å². The molecule has 0 aliphatic rings. The van der Waals surface area contributed by atoms with Crippen LogP contribution in [0.4, 0.5) is 74.6 Å². The van der Waals surface area contributed by atoms with Crippen LogP contribution in [0.5, 0.6) is 0 Å². The largest absolute Gasteiger partial charge is 0.460 e. The lowest BCUT2D eigenvalue weighted by atomic mass is 9.88. The Balaban J connectivity index is 2.51. The SMILES string of the molecule is CC(Cc1ccccc1)O[Si](OCCC(F)(F)C(F)(F)C(F)(F)C(F)(F)C(F)(F)C(F)(F)C(F)(F)C(F)(F)F)(c1ccccc1)C(C)(C)C. The Bertz CT molecular complexity index is 1380. The minimum atomic E-state index is -8.68. The second-order valence-corrected chi connectivity index (χ2v) is 15.9. The third-order valence-corrected chi connectivity index (χ3v) is 11.8. The van der Waals surface area contributed by atoms with Gasteiger partial charge in [0.05, 0.1) is 0 Å². The third kappa shape index (κ3) is 7.27. The van der Waals surface area contributed by atoms with Gasteiger partial charge in [0, 0.05) is 24.2 Å². The number of alkyl halides is 17. The van der Waals surface area contributed by atoms with Gasteiger partial charge in [-0.15, -0.1) is 0 Å². The molecule has 2 rings (SSSR count). The summed E-state index contributed by atoms with van der Waals surface area (Å²) in [4.78, 5) is 0. The molecular weight excluding hydrogens is 731 g/mol. The zero-order valence-corrected chi connectivity index (χ0v) is 26.7. The molecule has 0 aliphatic heterocycles. The molecule has 0 radical (unpaired) electrons. The summed E-state index contributed by atoms with van der Waals surface area (Å²) < 4.78 is 245. The summed E-state index contributed by atoms with van der Waals surface area (Å²) in [6, 6.07) is 15.5. The van der Waals surface area contributed by atoms with Crippen molar-refractivity contribution in [1.82, 2.24) is 0 Å². The molecule has 2 unspecified atom stereocenters. The second kappa shape index (κ2) is 13.5. The summed E-state index contributed by atoms with van der Waals surface area (Å²) in [6.07, 6.45) is -11.2. The zero-order valence-electron chi connectivity index (χ0n) is 25.7. The van der Waals surface area contributed by atoms with Gasteiger partial charge in [-0.3, -0.25) is 0 Å². The Hall–Kier alpha value is -2.61. The Kier molecular flexibility index (Phi) is 11.7. The van der Waals surface area contributed by atoms with E-state index in [1.807, 2.05) is 0 Å². The summed E-state index contributed by atoms with van der Waals surface area (Å²) >= 11 is 0. The van der Waals surface area contributed by atoms with Crippen LogP contribution in [-0.4, -0.2) is 68.9 Å². The lowest BCUT2D eigenvalue weighted by Gasteiger charge is -2.44. The summed E-state index contributed by atoms with van der Waals surface area (Å²) in [6.45, 7) is 4.14. The average molecular weight is 761 g/mol. The predicted molar refractivity (Wildman–Crippen MR) is 143 cm³/mol. The van der Waals surface area contributed by atoms with Crippen molar-refractivity contribution in [2.45, 2.75) is 99.3 Å². The molecule has 280 valence electrons. The van der Waals surface area contributed by atoms with Gasteiger partial charge in [-0.25, -0.2) is 0 Å². The van der Waals surface area contributed by atoms with Gasteiger partial charge < -0.3 is 8.85 Å². The average Bonchev–Trinajstić information content (AvgIpc) is 2.95. The predicted octanol–water partition coefficient (Wildman–Crippen LogP) is 10.2. The monoisotopic (exact) mass is 760 g/mol. The standard InChI is InChI=1S/C29H29F17O2Si/c1-18(17-19-11-7-5-8-12-19)48-49(21(2,3)4,20-13-9-6-10-14-20)47-16-15-22(30,31)23(32,33)24(34,35)25(36,37)26(38,39)27(40,41)28(42,43)29(44,45)46/h5-14,18H,15-17H2,1-4H3. The third-order valence-electron chi connectivity index (χ3n) is 7.38. The van der Waals surface area contributed by atoms with Crippen molar-refractivity contribution in [3.63, 3.8) is 0 Å². The highest BCUT2D eigenvalue weighted by atomic mass is 28.4. The highest BCUT2D eigenvalue weighted by Gasteiger charge is 2.95. The summed E-state index contributed by atoms with van der Waals surface area (Å²) in [5.74, 6) is -56.8. The van der Waals surface area contributed by atoms with Gasteiger partial charge in [0.1, 0.15) is 0 Å². The van der Waals surface area contributed by atoms with Crippen molar-refractivity contribution in [2.75, 3.05) is 6.61 Å². The minimum Gasteiger partial charge on any atom is -0.390 e. The Morgan fingerprint density at radius 3 is 1.35 bits per heavy atom. The first-order valence-corrected chi connectivity index (χ1v) is 15.7. The van der Waals surface area contributed by atoms with E-state index in [0.717, 1.165) is 0 Å². The van der Waals surface area contributed by atoms with Crippen molar-refractivity contribution in [3.8, 4) is 0 Å². The highest BCUT2D eigenvalue weighted by Crippen LogP contribution is 2.64. The van der Waals surface area contributed by atoms with E-state index < -0.39 is 80.4 Å². The maximum Gasteiger partial charge on any atom is 0.460 e. The van der Waals surface area contributed by atoms with Crippen LogP contribution in [-0.2, 0) is 15.3 Å². The molecule has 0 amide bonds. The summed E-state index contributed by atoms with van der Waals surface area (Å²) in [5, 5.41) is -1.05. The number of hydrogen-bond acceptors (Lipinski definition) is 2. The molecule has 0 saturated carbocycles. The van der Waals surface area contributed by atoms with E-state index in [1.165, 1.54) is 58.0 Å². The van der Waals surface area contributed by atoms with Crippen LogP contribution < -0.4 is 5.19 Å². The van der Waals surface area contributed by atoms with E-state index in [4.69, 9.17) is 8.85 Å². The number of rotatable bonds is 15. The molecule has 2 nitrogen and oxygen atoms in total. The maximum absolute atomic E-state index is 14.7. The summed E-state index contributed by atoms with van der Waals surface area (Å²) in [7, 11) is -4.25. The first-order chi connectivity index (χ1) is 21.8. The van der Waals surface area contributed by atoms with Gasteiger partial charge in [-0.1, -0.05) is 81.4 Å². The fourth-order valence-corrected chi connectivity index (χ4v) is 8.31. The smallest absolute Gasteiger partial charge is 0.390 e. The van der Waals surface area contributed by atoms with Crippen LogP contribution in [0.25, 0.3) is 0 Å². The number of benzene rings is 2. The van der Waals surface area contributed by atoms with E-state index in [1.54, 1.807) is 30.3 Å². The van der Waals surface area contributed by atoms with E-state index in [2.05, 4.69) is 0 Å². The molecule has 0 spiro atoms. The summed E-state index contributed by atoms with van der Waals surface area (Å²) in [5.41, 5.74) is 0.699. The number of halogens is 17. The van der Waals surface area contributed by atoms with Gasteiger partial charge >= 0.3 is 56.2 Å². The Morgan fingerprint density at radius 1 is 0.551 bits per heavy atom. The van der Waals surface area contributed by atoms with Crippen LogP contribution in [0.3, 0.4) is 0 Å². The van der Waals surface area contributed by atoms with Gasteiger partial charge in [0.2, 0.25) is 0 Å². The molecule has 2 atom stereocenters. The highest BCUT2D eigenvalue weighted by molar-refractivity contribution is 6.83. The molecule has 2 aromatic carbocycles. The van der Waals surface area contributed by atoms with E-state index in [9.17, 15) is 74.6 Å². The van der Waals surface area contributed by atoms with Crippen molar-refractivity contribution in [1.29, 1.82) is 0 Å². The molecule has 2 aromatic rings. The molecule has 0 heterocycles. The minimum absolute atomic E-state index is 0.156. The lowest BCUT2D eigenvalue weighted by molar-refractivity contribution is -0.461. The van der Waals surface area contributed by atoms with Gasteiger partial charge in [0.15, 0.2) is 0 Å². The van der Waals surface area contributed by atoms with Crippen molar-refractivity contribution >= 4 is 13.7 Å². The van der Waals surface area contributed by atoms with Gasteiger partial charge in [-0.05, 0) is 24.1 Å². The molecule has 0 aliphatic carbocycles. The van der Waals surface area contributed by atoms with Crippen LogP contribution in [0.1, 0.15) is 39.7 Å². The van der Waals surface area contributed by atoms with Gasteiger partial charge in [-0.2, -0.15) is 74.6 Å².